The number of aromatic nitrogens is 2. The number of carbonyl (C=O) groups excluding carboxylic acids is 1. The van der Waals surface area contributed by atoms with Crippen molar-refractivity contribution in [3.63, 3.8) is 0 Å². The Kier molecular flexibility index (Phi) is 4.34. The normalized spacial score (nSPS) is 14.0. The van der Waals surface area contributed by atoms with E-state index in [0.29, 0.717) is 12.1 Å². The van der Waals surface area contributed by atoms with Gasteiger partial charge in [0, 0.05) is 18.7 Å². The Bertz CT molecular complexity index is 849. The molecule has 1 aromatic heterocycles. The summed E-state index contributed by atoms with van der Waals surface area (Å²) in [6, 6.07) is 20.3. The van der Waals surface area contributed by atoms with E-state index >= 15 is 0 Å². The molecule has 4 nitrogen and oxygen atoms in total. The standard InChI is InChI=1S/C21H21N3O/c25-21(23-13-7-8-14-23)19-15-22-24(16-17-9-3-1-4-10-17)20(19)18-11-5-2-6-12-18/h1-6,9-12,15H,7-8,13-14,16H2. The molecule has 0 aliphatic carbocycles. The zero-order chi connectivity index (χ0) is 17.1. The van der Waals surface area contributed by atoms with E-state index in [-0.39, 0.29) is 5.91 Å². The molecule has 0 saturated carbocycles. The van der Waals surface area contributed by atoms with Crippen molar-refractivity contribution in [2.24, 2.45) is 0 Å². The van der Waals surface area contributed by atoms with Crippen molar-refractivity contribution >= 4 is 5.91 Å². The van der Waals surface area contributed by atoms with E-state index in [0.717, 1.165) is 37.2 Å². The highest BCUT2D eigenvalue weighted by Gasteiger charge is 2.25. The zero-order valence-electron chi connectivity index (χ0n) is 14.1. The Hall–Kier alpha value is -2.88. The van der Waals surface area contributed by atoms with Gasteiger partial charge in [-0.3, -0.25) is 9.48 Å². The molecule has 0 spiro atoms. The van der Waals surface area contributed by atoms with Crippen LogP contribution in [0.15, 0.2) is 66.9 Å². The summed E-state index contributed by atoms with van der Waals surface area (Å²) < 4.78 is 1.94. The van der Waals surface area contributed by atoms with E-state index in [2.05, 4.69) is 17.2 Å². The first-order valence-corrected chi connectivity index (χ1v) is 8.77. The fourth-order valence-corrected chi connectivity index (χ4v) is 3.41. The van der Waals surface area contributed by atoms with Gasteiger partial charge in [0.25, 0.3) is 5.91 Å². The van der Waals surface area contributed by atoms with Crippen molar-refractivity contribution < 1.29 is 4.79 Å². The lowest BCUT2D eigenvalue weighted by Crippen LogP contribution is -2.27. The molecule has 1 aliphatic heterocycles. The monoisotopic (exact) mass is 331 g/mol. The quantitative estimate of drug-likeness (QED) is 0.728. The Labute approximate surface area is 147 Å². The van der Waals surface area contributed by atoms with Gasteiger partial charge in [-0.2, -0.15) is 5.10 Å². The highest BCUT2D eigenvalue weighted by Crippen LogP contribution is 2.26. The Morgan fingerprint density at radius 2 is 1.56 bits per heavy atom. The van der Waals surface area contributed by atoms with E-state index in [1.54, 1.807) is 6.20 Å². The van der Waals surface area contributed by atoms with Crippen LogP contribution in [-0.4, -0.2) is 33.7 Å². The van der Waals surface area contributed by atoms with E-state index in [4.69, 9.17) is 0 Å². The molecule has 1 fully saturated rings. The van der Waals surface area contributed by atoms with Crippen molar-refractivity contribution in [3.8, 4) is 11.3 Å². The lowest BCUT2D eigenvalue weighted by atomic mass is 10.1. The van der Waals surface area contributed by atoms with Crippen LogP contribution in [0.4, 0.5) is 0 Å². The van der Waals surface area contributed by atoms with Crippen LogP contribution in [-0.2, 0) is 6.54 Å². The molecule has 0 bridgehead atoms. The van der Waals surface area contributed by atoms with Crippen LogP contribution in [0.2, 0.25) is 0 Å². The van der Waals surface area contributed by atoms with E-state index in [1.807, 2.05) is 58.1 Å². The Morgan fingerprint density at radius 3 is 2.24 bits per heavy atom. The topological polar surface area (TPSA) is 38.1 Å². The fraction of sp³-hybridized carbons (Fsp3) is 0.238. The summed E-state index contributed by atoms with van der Waals surface area (Å²) in [7, 11) is 0. The minimum Gasteiger partial charge on any atom is -0.339 e. The van der Waals surface area contributed by atoms with Gasteiger partial charge in [-0.05, 0) is 18.4 Å². The van der Waals surface area contributed by atoms with E-state index in [1.165, 1.54) is 5.56 Å². The van der Waals surface area contributed by atoms with Gasteiger partial charge >= 0.3 is 0 Å². The summed E-state index contributed by atoms with van der Waals surface area (Å²) in [6.45, 7) is 2.34. The highest BCUT2D eigenvalue weighted by molar-refractivity contribution is 6.00. The number of hydrogen-bond acceptors (Lipinski definition) is 2. The van der Waals surface area contributed by atoms with Crippen molar-refractivity contribution in [2.45, 2.75) is 19.4 Å². The number of benzene rings is 2. The maximum atomic E-state index is 13.0. The lowest BCUT2D eigenvalue weighted by Gasteiger charge is -2.16. The minimum absolute atomic E-state index is 0.0932. The maximum Gasteiger partial charge on any atom is 0.257 e. The molecule has 4 rings (SSSR count). The van der Waals surface area contributed by atoms with E-state index < -0.39 is 0 Å². The molecule has 25 heavy (non-hydrogen) atoms. The van der Waals surface area contributed by atoms with Crippen molar-refractivity contribution in [2.75, 3.05) is 13.1 Å². The van der Waals surface area contributed by atoms with Gasteiger partial charge in [-0.1, -0.05) is 60.7 Å². The molecule has 2 aromatic carbocycles. The molecule has 0 atom stereocenters. The first kappa shape index (κ1) is 15.6. The molecule has 1 saturated heterocycles. The number of hydrogen-bond donors (Lipinski definition) is 0. The first-order valence-electron chi connectivity index (χ1n) is 8.77. The van der Waals surface area contributed by atoms with Crippen LogP contribution in [0.3, 0.4) is 0 Å². The highest BCUT2D eigenvalue weighted by atomic mass is 16.2. The summed E-state index contributed by atoms with van der Waals surface area (Å²) in [5.74, 6) is 0.0932. The SMILES string of the molecule is O=C(c1cnn(Cc2ccccc2)c1-c1ccccc1)N1CCCC1. The van der Waals surface area contributed by atoms with Gasteiger partial charge in [0.05, 0.1) is 24.0 Å². The minimum atomic E-state index is 0.0932. The van der Waals surface area contributed by atoms with Crippen molar-refractivity contribution in [1.82, 2.24) is 14.7 Å². The summed E-state index contributed by atoms with van der Waals surface area (Å²) in [5.41, 5.74) is 3.80. The van der Waals surface area contributed by atoms with Gasteiger partial charge < -0.3 is 4.90 Å². The molecule has 4 heteroatoms. The van der Waals surface area contributed by atoms with Crippen LogP contribution in [0, 0.1) is 0 Å². The van der Waals surface area contributed by atoms with Crippen molar-refractivity contribution in [3.05, 3.63) is 78.0 Å². The Balaban J connectivity index is 1.75. The molecule has 0 N–H and O–H groups in total. The zero-order valence-corrected chi connectivity index (χ0v) is 14.1. The van der Waals surface area contributed by atoms with Crippen LogP contribution in [0.1, 0.15) is 28.8 Å². The number of carbonyl (C=O) groups is 1. The number of likely N-dealkylation sites (tertiary alicyclic amines) is 1. The number of amides is 1. The molecule has 1 amide bonds. The molecule has 2 heterocycles. The van der Waals surface area contributed by atoms with E-state index in [9.17, 15) is 4.79 Å². The third-order valence-electron chi connectivity index (χ3n) is 4.69. The van der Waals surface area contributed by atoms with Gasteiger partial charge in [-0.15, -0.1) is 0 Å². The van der Waals surface area contributed by atoms with Crippen molar-refractivity contribution in [1.29, 1.82) is 0 Å². The summed E-state index contributed by atoms with van der Waals surface area (Å²) in [6.07, 6.45) is 3.90. The third-order valence-corrected chi connectivity index (χ3v) is 4.69. The molecule has 1 aliphatic rings. The van der Waals surface area contributed by atoms with Crippen LogP contribution in [0.25, 0.3) is 11.3 Å². The van der Waals surface area contributed by atoms with Crippen LogP contribution < -0.4 is 0 Å². The molecule has 3 aromatic rings. The summed E-state index contributed by atoms with van der Waals surface area (Å²) >= 11 is 0. The third kappa shape index (κ3) is 3.20. The fourth-order valence-electron chi connectivity index (χ4n) is 3.41. The number of nitrogens with zero attached hydrogens (tertiary/aromatic N) is 3. The lowest BCUT2D eigenvalue weighted by molar-refractivity contribution is 0.0793. The maximum absolute atomic E-state index is 13.0. The van der Waals surface area contributed by atoms with Crippen LogP contribution >= 0.6 is 0 Å². The molecule has 0 radical (unpaired) electrons. The average Bonchev–Trinajstić information content (AvgIpc) is 3.33. The average molecular weight is 331 g/mol. The molecular formula is C21H21N3O. The summed E-state index contributed by atoms with van der Waals surface area (Å²) in [5, 5.41) is 4.55. The second kappa shape index (κ2) is 6.93. The van der Waals surface area contributed by atoms with Gasteiger partial charge in [0.2, 0.25) is 0 Å². The smallest absolute Gasteiger partial charge is 0.257 e. The first-order chi connectivity index (χ1) is 12.3. The largest absolute Gasteiger partial charge is 0.339 e. The molecule has 126 valence electrons. The number of rotatable bonds is 4. The second-order valence-corrected chi connectivity index (χ2v) is 6.42. The van der Waals surface area contributed by atoms with Gasteiger partial charge in [-0.25, -0.2) is 0 Å². The van der Waals surface area contributed by atoms with Crippen LogP contribution in [0.5, 0.6) is 0 Å². The van der Waals surface area contributed by atoms with Gasteiger partial charge in [0.15, 0.2) is 0 Å². The second-order valence-electron chi connectivity index (χ2n) is 6.42. The predicted octanol–water partition coefficient (Wildman–Crippen LogP) is 3.83. The summed E-state index contributed by atoms with van der Waals surface area (Å²) in [4.78, 5) is 14.9. The van der Waals surface area contributed by atoms with Gasteiger partial charge in [0.1, 0.15) is 0 Å². The Morgan fingerprint density at radius 1 is 0.920 bits per heavy atom. The molecule has 0 unspecified atom stereocenters. The predicted molar refractivity (Wildman–Crippen MR) is 98.3 cm³/mol. The molecular weight excluding hydrogens is 310 g/mol.